The average molecular weight is 266 g/mol. The molecule has 0 aromatic carbocycles. The van der Waals surface area contributed by atoms with Crippen LogP contribution in [0.25, 0.3) is 0 Å². The second-order valence-corrected chi connectivity index (χ2v) is 4.11. The number of hydrogen-bond acceptors (Lipinski definition) is 4. The molecule has 0 unspecified atom stereocenters. The van der Waals surface area contributed by atoms with E-state index in [0.717, 1.165) is 13.1 Å². The molecule has 7 heteroatoms. The molecule has 0 aliphatic carbocycles. The molecule has 0 spiro atoms. The van der Waals surface area contributed by atoms with Crippen molar-refractivity contribution in [2.45, 2.75) is 0 Å². The summed E-state index contributed by atoms with van der Waals surface area (Å²) in [6.45, 7) is 2.77. The molecule has 6 nitrogen and oxygen atoms in total. The largest absolute Gasteiger partial charge is 0.378 e. The summed E-state index contributed by atoms with van der Waals surface area (Å²) in [5.74, 6) is -0.243. The normalized spacial score (nSPS) is 15.0. The van der Waals surface area contributed by atoms with E-state index in [1.54, 1.807) is 24.5 Å². The Bertz CT molecular complexity index is 420. The van der Waals surface area contributed by atoms with E-state index < -0.39 is 0 Å². The predicted octanol–water partition coefficient (Wildman–Crippen LogP) is -0.0669. The van der Waals surface area contributed by atoms with Gasteiger partial charge < -0.3 is 9.64 Å². The van der Waals surface area contributed by atoms with Gasteiger partial charge in [-0.2, -0.15) is 0 Å². The summed E-state index contributed by atoms with van der Waals surface area (Å²) in [5, 5.41) is 0.501. The SMILES string of the molecule is O=C(NNC(=S)N1CCOCC1)c1ccncc1. The molecule has 1 aliphatic rings. The first kappa shape index (κ1) is 12.7. The molecule has 2 heterocycles. The first-order valence-corrected chi connectivity index (χ1v) is 6.01. The van der Waals surface area contributed by atoms with Crippen LogP contribution >= 0.6 is 12.2 Å². The Kier molecular flexibility index (Phi) is 4.43. The smallest absolute Gasteiger partial charge is 0.269 e. The Labute approximate surface area is 110 Å². The third-order valence-corrected chi connectivity index (χ3v) is 2.88. The third-order valence-electron chi connectivity index (χ3n) is 2.52. The first-order chi connectivity index (χ1) is 8.77. The molecule has 0 saturated carbocycles. The van der Waals surface area contributed by atoms with Crippen LogP contribution in [0.3, 0.4) is 0 Å². The zero-order chi connectivity index (χ0) is 12.8. The van der Waals surface area contributed by atoms with Crippen LogP contribution in [0.1, 0.15) is 10.4 Å². The molecular weight excluding hydrogens is 252 g/mol. The topological polar surface area (TPSA) is 66.5 Å². The molecule has 0 radical (unpaired) electrons. The maximum Gasteiger partial charge on any atom is 0.269 e. The van der Waals surface area contributed by atoms with Crippen molar-refractivity contribution < 1.29 is 9.53 Å². The van der Waals surface area contributed by atoms with Gasteiger partial charge in [-0.3, -0.25) is 20.6 Å². The Hall–Kier alpha value is -1.73. The number of thiocarbonyl (C=S) groups is 1. The minimum absolute atomic E-state index is 0.243. The lowest BCUT2D eigenvalue weighted by molar-refractivity contribution is 0.0670. The van der Waals surface area contributed by atoms with Crippen molar-refractivity contribution >= 4 is 23.2 Å². The molecule has 0 atom stereocenters. The van der Waals surface area contributed by atoms with Crippen LogP contribution in [0, 0.1) is 0 Å². The molecule has 1 saturated heterocycles. The highest BCUT2D eigenvalue weighted by Gasteiger charge is 2.14. The van der Waals surface area contributed by atoms with Gasteiger partial charge in [0.2, 0.25) is 0 Å². The summed E-state index contributed by atoms with van der Waals surface area (Å²) in [6.07, 6.45) is 3.13. The predicted molar refractivity (Wildman–Crippen MR) is 69.8 cm³/mol. The average Bonchev–Trinajstić information content (AvgIpc) is 2.46. The maximum absolute atomic E-state index is 11.7. The third kappa shape index (κ3) is 3.38. The Morgan fingerprint density at radius 1 is 1.28 bits per heavy atom. The van der Waals surface area contributed by atoms with Gasteiger partial charge in [0.15, 0.2) is 5.11 Å². The molecule has 1 aromatic heterocycles. The minimum atomic E-state index is -0.243. The van der Waals surface area contributed by atoms with Gasteiger partial charge in [-0.05, 0) is 24.4 Å². The van der Waals surface area contributed by atoms with Gasteiger partial charge in [0.25, 0.3) is 5.91 Å². The Morgan fingerprint density at radius 3 is 2.61 bits per heavy atom. The summed E-state index contributed by atoms with van der Waals surface area (Å²) in [4.78, 5) is 17.5. The molecule has 2 rings (SSSR count). The molecule has 0 bridgehead atoms. The van der Waals surface area contributed by atoms with Gasteiger partial charge in [-0.25, -0.2) is 0 Å². The highest BCUT2D eigenvalue weighted by Crippen LogP contribution is 1.97. The number of aromatic nitrogens is 1. The lowest BCUT2D eigenvalue weighted by Crippen LogP contribution is -2.51. The van der Waals surface area contributed by atoms with Crippen LogP contribution < -0.4 is 10.9 Å². The number of rotatable bonds is 1. The second-order valence-electron chi connectivity index (χ2n) is 3.72. The number of carbonyl (C=O) groups excluding carboxylic acids is 1. The van der Waals surface area contributed by atoms with Crippen molar-refractivity contribution in [1.29, 1.82) is 0 Å². The summed E-state index contributed by atoms with van der Waals surface area (Å²) in [5.41, 5.74) is 5.82. The number of nitrogens with zero attached hydrogens (tertiary/aromatic N) is 2. The molecule has 2 N–H and O–H groups in total. The molecule has 1 aliphatic heterocycles. The van der Waals surface area contributed by atoms with E-state index >= 15 is 0 Å². The lowest BCUT2D eigenvalue weighted by atomic mass is 10.3. The van der Waals surface area contributed by atoms with Crippen LogP contribution in [0.5, 0.6) is 0 Å². The number of carbonyl (C=O) groups is 1. The van der Waals surface area contributed by atoms with Crippen LogP contribution in [-0.2, 0) is 4.74 Å². The Morgan fingerprint density at radius 2 is 1.94 bits per heavy atom. The summed E-state index contributed by atoms with van der Waals surface area (Å²) in [6, 6.07) is 3.27. The van der Waals surface area contributed by atoms with Gasteiger partial charge in [0.05, 0.1) is 13.2 Å². The standard InChI is InChI=1S/C11H14N4O2S/c16-10(9-1-3-12-4-2-9)13-14-11(18)15-5-7-17-8-6-15/h1-4H,5-8H2,(H,13,16)(H,14,18). The van der Waals surface area contributed by atoms with Gasteiger partial charge in [-0.15, -0.1) is 0 Å². The summed E-state index contributed by atoms with van der Waals surface area (Å²) >= 11 is 5.17. The number of nitrogens with one attached hydrogen (secondary N) is 2. The van der Waals surface area contributed by atoms with Crippen molar-refractivity contribution in [3.63, 3.8) is 0 Å². The fourth-order valence-corrected chi connectivity index (χ4v) is 1.76. The quantitative estimate of drug-likeness (QED) is 0.548. The van der Waals surface area contributed by atoms with E-state index in [2.05, 4.69) is 15.8 Å². The fourth-order valence-electron chi connectivity index (χ4n) is 1.53. The molecular formula is C11H14N4O2S. The zero-order valence-electron chi connectivity index (χ0n) is 9.76. The maximum atomic E-state index is 11.7. The van der Waals surface area contributed by atoms with E-state index in [9.17, 15) is 4.79 Å². The van der Waals surface area contributed by atoms with Gasteiger partial charge in [-0.1, -0.05) is 0 Å². The van der Waals surface area contributed by atoms with Gasteiger partial charge in [0, 0.05) is 31.0 Å². The Balaban J connectivity index is 1.80. The van der Waals surface area contributed by atoms with E-state index in [0.29, 0.717) is 23.9 Å². The molecule has 18 heavy (non-hydrogen) atoms. The molecule has 1 fully saturated rings. The van der Waals surface area contributed by atoms with Crippen molar-refractivity contribution in [2.75, 3.05) is 26.3 Å². The van der Waals surface area contributed by atoms with Gasteiger partial charge in [0.1, 0.15) is 0 Å². The zero-order valence-corrected chi connectivity index (χ0v) is 10.6. The van der Waals surface area contributed by atoms with Crippen LogP contribution in [0.2, 0.25) is 0 Å². The van der Waals surface area contributed by atoms with Crippen molar-refractivity contribution in [1.82, 2.24) is 20.7 Å². The van der Waals surface area contributed by atoms with Crippen LogP contribution in [0.4, 0.5) is 0 Å². The van der Waals surface area contributed by atoms with Crippen molar-refractivity contribution in [2.24, 2.45) is 0 Å². The molecule has 1 aromatic rings. The lowest BCUT2D eigenvalue weighted by Gasteiger charge is -2.29. The highest BCUT2D eigenvalue weighted by molar-refractivity contribution is 7.80. The molecule has 1 amide bonds. The van der Waals surface area contributed by atoms with Crippen LogP contribution in [-0.4, -0.2) is 47.2 Å². The monoisotopic (exact) mass is 266 g/mol. The van der Waals surface area contributed by atoms with E-state index in [1.807, 2.05) is 4.90 Å². The van der Waals surface area contributed by atoms with Crippen molar-refractivity contribution in [3.05, 3.63) is 30.1 Å². The number of pyridine rings is 1. The fraction of sp³-hybridized carbons (Fsp3) is 0.364. The highest BCUT2D eigenvalue weighted by atomic mass is 32.1. The van der Waals surface area contributed by atoms with E-state index in [1.165, 1.54) is 0 Å². The first-order valence-electron chi connectivity index (χ1n) is 5.60. The van der Waals surface area contributed by atoms with E-state index in [4.69, 9.17) is 17.0 Å². The number of hydrogen-bond donors (Lipinski definition) is 2. The van der Waals surface area contributed by atoms with Gasteiger partial charge >= 0.3 is 0 Å². The van der Waals surface area contributed by atoms with Crippen molar-refractivity contribution in [3.8, 4) is 0 Å². The minimum Gasteiger partial charge on any atom is -0.378 e. The number of hydrazine groups is 1. The molecule has 96 valence electrons. The second kappa shape index (κ2) is 6.27. The summed E-state index contributed by atoms with van der Waals surface area (Å²) < 4.78 is 5.22. The summed E-state index contributed by atoms with van der Waals surface area (Å²) in [7, 11) is 0. The van der Waals surface area contributed by atoms with E-state index in [-0.39, 0.29) is 5.91 Å². The number of ether oxygens (including phenoxy) is 1. The van der Waals surface area contributed by atoms with Crippen LogP contribution in [0.15, 0.2) is 24.5 Å². The number of morpholine rings is 1. The number of amides is 1.